The predicted octanol–water partition coefficient (Wildman–Crippen LogP) is 3.97. The number of nitrogens with zero attached hydrogens (tertiary/aromatic N) is 2. The summed E-state index contributed by atoms with van der Waals surface area (Å²) < 4.78 is 12.7. The minimum absolute atomic E-state index is 0.218. The summed E-state index contributed by atoms with van der Waals surface area (Å²) in [4.78, 5) is 17.2. The molecule has 0 aliphatic heterocycles. The van der Waals surface area contributed by atoms with E-state index in [1.807, 2.05) is 62.0 Å². The molecule has 1 amide bonds. The first kappa shape index (κ1) is 21.2. The molecular formula is C24H27N3O3. The SMILES string of the molecule is COc1cc(OC)cc(C(NC(=O)/C=C/c2ccc(C)cc2C)c2nccn2C)c1. The molecule has 0 saturated heterocycles. The summed E-state index contributed by atoms with van der Waals surface area (Å²) in [6.07, 6.45) is 6.92. The molecule has 0 radical (unpaired) electrons. The lowest BCUT2D eigenvalue weighted by atomic mass is 10.0. The van der Waals surface area contributed by atoms with Gasteiger partial charge in [0.2, 0.25) is 5.91 Å². The van der Waals surface area contributed by atoms with Crippen LogP contribution in [0.15, 0.2) is 54.9 Å². The molecule has 3 aromatic rings. The summed E-state index contributed by atoms with van der Waals surface area (Å²) in [5.74, 6) is 1.77. The van der Waals surface area contributed by atoms with Gasteiger partial charge in [0.1, 0.15) is 23.4 Å². The van der Waals surface area contributed by atoms with Gasteiger partial charge in [-0.25, -0.2) is 4.98 Å². The molecule has 2 aromatic carbocycles. The van der Waals surface area contributed by atoms with Crippen LogP contribution < -0.4 is 14.8 Å². The van der Waals surface area contributed by atoms with E-state index in [9.17, 15) is 4.79 Å². The lowest BCUT2D eigenvalue weighted by molar-refractivity contribution is -0.117. The molecule has 6 heteroatoms. The number of rotatable bonds is 7. The highest BCUT2D eigenvalue weighted by molar-refractivity contribution is 5.92. The Bertz CT molecular complexity index is 1050. The second-order valence-corrected chi connectivity index (χ2v) is 7.18. The molecule has 0 saturated carbocycles. The van der Waals surface area contributed by atoms with E-state index >= 15 is 0 Å². The molecule has 0 aliphatic rings. The van der Waals surface area contributed by atoms with Crippen molar-refractivity contribution in [2.24, 2.45) is 7.05 Å². The highest BCUT2D eigenvalue weighted by Gasteiger charge is 2.21. The van der Waals surface area contributed by atoms with Crippen LogP contribution in [0, 0.1) is 13.8 Å². The van der Waals surface area contributed by atoms with Gasteiger partial charge in [-0.1, -0.05) is 23.8 Å². The summed E-state index contributed by atoms with van der Waals surface area (Å²) in [7, 11) is 5.09. The van der Waals surface area contributed by atoms with Gasteiger partial charge in [0.05, 0.1) is 14.2 Å². The van der Waals surface area contributed by atoms with E-state index < -0.39 is 6.04 Å². The van der Waals surface area contributed by atoms with Crippen molar-refractivity contribution in [1.29, 1.82) is 0 Å². The van der Waals surface area contributed by atoms with Crippen molar-refractivity contribution in [2.75, 3.05) is 14.2 Å². The number of hydrogen-bond acceptors (Lipinski definition) is 4. The van der Waals surface area contributed by atoms with Crippen LogP contribution in [0.3, 0.4) is 0 Å². The predicted molar refractivity (Wildman–Crippen MR) is 118 cm³/mol. The zero-order valence-electron chi connectivity index (χ0n) is 18.0. The maximum Gasteiger partial charge on any atom is 0.244 e. The molecule has 0 bridgehead atoms. The minimum atomic E-state index is -0.467. The summed E-state index contributed by atoms with van der Waals surface area (Å²) in [6.45, 7) is 4.08. The zero-order chi connectivity index (χ0) is 21.7. The van der Waals surface area contributed by atoms with Crippen LogP contribution in [-0.4, -0.2) is 29.7 Å². The molecule has 1 heterocycles. The van der Waals surface area contributed by atoms with Gasteiger partial charge >= 0.3 is 0 Å². The molecule has 156 valence electrons. The number of hydrogen-bond donors (Lipinski definition) is 1. The lowest BCUT2D eigenvalue weighted by Crippen LogP contribution is -2.29. The number of aryl methyl sites for hydroxylation is 3. The standard InChI is InChI=1S/C24H27N3O3/c1-16-6-7-18(17(2)12-16)8-9-22(28)26-23(24-25-10-11-27(24)3)19-13-20(29-4)15-21(14-19)30-5/h6-15,23H,1-5H3,(H,26,28)/b9-8+. The van der Waals surface area contributed by atoms with Gasteiger partial charge in [0, 0.05) is 31.6 Å². The molecule has 0 aliphatic carbocycles. The van der Waals surface area contributed by atoms with Crippen molar-refractivity contribution >= 4 is 12.0 Å². The fourth-order valence-corrected chi connectivity index (χ4v) is 3.32. The first-order valence-electron chi connectivity index (χ1n) is 9.67. The molecule has 3 rings (SSSR count). The number of methoxy groups -OCH3 is 2. The van der Waals surface area contributed by atoms with E-state index in [4.69, 9.17) is 9.47 Å². The Labute approximate surface area is 177 Å². The first-order chi connectivity index (χ1) is 14.4. The van der Waals surface area contributed by atoms with Crippen molar-refractivity contribution in [1.82, 2.24) is 14.9 Å². The Morgan fingerprint density at radius 1 is 1.10 bits per heavy atom. The van der Waals surface area contributed by atoms with Crippen LogP contribution in [0.4, 0.5) is 0 Å². The van der Waals surface area contributed by atoms with Crippen molar-refractivity contribution < 1.29 is 14.3 Å². The van der Waals surface area contributed by atoms with Crippen LogP contribution >= 0.6 is 0 Å². The summed E-state index contributed by atoms with van der Waals surface area (Å²) in [5, 5.41) is 3.06. The van der Waals surface area contributed by atoms with Crippen LogP contribution in [-0.2, 0) is 11.8 Å². The number of carbonyl (C=O) groups excluding carboxylic acids is 1. The Kier molecular flexibility index (Phi) is 6.57. The number of imidazole rings is 1. The summed E-state index contributed by atoms with van der Waals surface area (Å²) >= 11 is 0. The first-order valence-corrected chi connectivity index (χ1v) is 9.67. The Hall–Kier alpha value is -3.54. The third-order valence-corrected chi connectivity index (χ3v) is 4.95. The monoisotopic (exact) mass is 405 g/mol. The fraction of sp³-hybridized carbons (Fsp3) is 0.250. The van der Waals surface area contributed by atoms with E-state index in [0.717, 1.165) is 16.7 Å². The average molecular weight is 405 g/mol. The quantitative estimate of drug-likeness (QED) is 0.604. The second kappa shape index (κ2) is 9.31. The van der Waals surface area contributed by atoms with Crippen molar-refractivity contribution in [3.05, 3.63) is 82.9 Å². The molecule has 0 fully saturated rings. The number of ether oxygens (including phenoxy) is 2. The maximum absolute atomic E-state index is 12.8. The van der Waals surface area contributed by atoms with E-state index in [2.05, 4.69) is 16.4 Å². The van der Waals surface area contributed by atoms with Gasteiger partial charge in [-0.05, 0) is 48.7 Å². The highest BCUT2D eigenvalue weighted by atomic mass is 16.5. The molecule has 1 atom stereocenters. The zero-order valence-corrected chi connectivity index (χ0v) is 18.0. The average Bonchev–Trinajstić information content (AvgIpc) is 3.16. The fourth-order valence-electron chi connectivity index (χ4n) is 3.32. The molecule has 1 N–H and O–H groups in total. The van der Waals surface area contributed by atoms with Crippen LogP contribution in [0.1, 0.15) is 34.1 Å². The maximum atomic E-state index is 12.8. The van der Waals surface area contributed by atoms with Crippen LogP contribution in [0.25, 0.3) is 6.08 Å². The van der Waals surface area contributed by atoms with Crippen LogP contribution in [0.2, 0.25) is 0 Å². The molecule has 0 spiro atoms. The highest BCUT2D eigenvalue weighted by Crippen LogP contribution is 2.29. The van der Waals surface area contributed by atoms with Crippen molar-refractivity contribution in [3.8, 4) is 11.5 Å². The van der Waals surface area contributed by atoms with Gasteiger partial charge < -0.3 is 19.4 Å². The van der Waals surface area contributed by atoms with Crippen LogP contribution in [0.5, 0.6) is 11.5 Å². The minimum Gasteiger partial charge on any atom is -0.497 e. The van der Waals surface area contributed by atoms with E-state index in [1.165, 1.54) is 5.56 Å². The molecular weight excluding hydrogens is 378 g/mol. The third-order valence-electron chi connectivity index (χ3n) is 4.95. The summed E-state index contributed by atoms with van der Waals surface area (Å²) in [6, 6.07) is 11.2. The lowest BCUT2D eigenvalue weighted by Gasteiger charge is -2.20. The molecule has 30 heavy (non-hydrogen) atoms. The van der Waals surface area contributed by atoms with Gasteiger partial charge in [-0.3, -0.25) is 4.79 Å². The molecule has 1 unspecified atom stereocenters. The van der Waals surface area contributed by atoms with E-state index in [0.29, 0.717) is 17.3 Å². The number of nitrogens with one attached hydrogen (secondary N) is 1. The third kappa shape index (κ3) is 4.89. The van der Waals surface area contributed by atoms with Crippen molar-refractivity contribution in [3.63, 3.8) is 0 Å². The van der Waals surface area contributed by atoms with Gasteiger partial charge in [-0.2, -0.15) is 0 Å². The summed E-state index contributed by atoms with van der Waals surface area (Å²) in [5.41, 5.74) is 4.13. The Morgan fingerprint density at radius 2 is 1.80 bits per heavy atom. The number of amides is 1. The van der Waals surface area contributed by atoms with Crippen molar-refractivity contribution in [2.45, 2.75) is 19.9 Å². The molecule has 1 aromatic heterocycles. The Morgan fingerprint density at radius 3 is 2.37 bits per heavy atom. The second-order valence-electron chi connectivity index (χ2n) is 7.18. The van der Waals surface area contributed by atoms with Gasteiger partial charge in [0.25, 0.3) is 0 Å². The number of benzene rings is 2. The number of carbonyl (C=O) groups is 1. The molecule has 6 nitrogen and oxygen atoms in total. The largest absolute Gasteiger partial charge is 0.497 e. The van der Waals surface area contributed by atoms with E-state index in [-0.39, 0.29) is 5.91 Å². The number of aromatic nitrogens is 2. The normalized spacial score (nSPS) is 12.0. The van der Waals surface area contributed by atoms with Gasteiger partial charge in [0.15, 0.2) is 0 Å². The van der Waals surface area contributed by atoms with Gasteiger partial charge in [-0.15, -0.1) is 0 Å². The topological polar surface area (TPSA) is 65.4 Å². The van der Waals surface area contributed by atoms with E-state index in [1.54, 1.807) is 32.6 Å². The Balaban J connectivity index is 1.91. The smallest absolute Gasteiger partial charge is 0.244 e.